The molecule has 2 aromatic carbocycles. The Hall–Kier alpha value is -2.16. The van der Waals surface area contributed by atoms with Crippen molar-refractivity contribution in [3.63, 3.8) is 0 Å². The zero-order chi connectivity index (χ0) is 14.5. The second-order valence-electron chi connectivity index (χ2n) is 4.81. The lowest BCUT2D eigenvalue weighted by molar-refractivity contribution is -0.117. The molecular weight excluding hydrogens is 255 g/mol. The third-order valence-corrected chi connectivity index (χ3v) is 3.26. The number of methoxy groups -OCH3 is 1. The maximum Gasteiger partial charge on any atom is 0.141 e. The third kappa shape index (κ3) is 3.67. The zero-order valence-corrected chi connectivity index (χ0v) is 11.7. The molecule has 0 saturated carbocycles. The van der Waals surface area contributed by atoms with Gasteiger partial charge >= 0.3 is 0 Å². The normalized spacial score (nSPS) is 10.3. The van der Waals surface area contributed by atoms with Crippen molar-refractivity contribution in [2.24, 2.45) is 0 Å². The van der Waals surface area contributed by atoms with Crippen LogP contribution in [-0.2, 0) is 17.6 Å². The summed E-state index contributed by atoms with van der Waals surface area (Å²) >= 11 is 0. The summed E-state index contributed by atoms with van der Waals surface area (Å²) in [6, 6.07) is 11.9. The van der Waals surface area contributed by atoms with E-state index < -0.39 is 0 Å². The molecule has 2 rings (SSSR count). The van der Waals surface area contributed by atoms with Gasteiger partial charge in [0.05, 0.1) is 7.11 Å². The lowest BCUT2D eigenvalue weighted by atomic mass is 9.99. The summed E-state index contributed by atoms with van der Waals surface area (Å²) in [7, 11) is 1.60. The van der Waals surface area contributed by atoms with Crippen LogP contribution in [0.1, 0.15) is 16.7 Å². The maximum atomic E-state index is 13.2. The first-order chi connectivity index (χ1) is 9.58. The molecule has 2 nitrogen and oxygen atoms in total. The molecule has 0 aliphatic heterocycles. The molecule has 0 saturated heterocycles. The van der Waals surface area contributed by atoms with E-state index in [-0.39, 0.29) is 18.0 Å². The number of aryl methyl sites for hydroxylation is 1. The van der Waals surface area contributed by atoms with E-state index in [0.717, 1.165) is 22.4 Å². The molecule has 0 aliphatic rings. The topological polar surface area (TPSA) is 26.3 Å². The molecule has 0 atom stereocenters. The molecule has 2 aromatic rings. The number of hydrogen-bond acceptors (Lipinski definition) is 2. The van der Waals surface area contributed by atoms with Crippen LogP contribution in [0.15, 0.2) is 42.5 Å². The number of Topliss-reactive ketones (excluding diaryl/α,β-unsaturated/α-hetero) is 1. The lowest BCUT2D eigenvalue weighted by Crippen LogP contribution is -2.08. The second kappa shape index (κ2) is 6.33. The predicted octanol–water partition coefficient (Wildman–Crippen LogP) is 3.50. The first-order valence-electron chi connectivity index (χ1n) is 6.48. The molecule has 0 amide bonds. The van der Waals surface area contributed by atoms with Crippen LogP contribution in [0.5, 0.6) is 5.75 Å². The van der Waals surface area contributed by atoms with Gasteiger partial charge in [-0.15, -0.1) is 0 Å². The first-order valence-corrected chi connectivity index (χ1v) is 6.48. The summed E-state index contributed by atoms with van der Waals surface area (Å²) in [5.74, 6) is 0.536. The maximum absolute atomic E-state index is 13.2. The Balaban J connectivity index is 2.03. The van der Waals surface area contributed by atoms with Crippen LogP contribution in [0, 0.1) is 12.7 Å². The van der Waals surface area contributed by atoms with Crippen molar-refractivity contribution in [3.8, 4) is 5.75 Å². The van der Waals surface area contributed by atoms with Gasteiger partial charge in [0.15, 0.2) is 0 Å². The van der Waals surface area contributed by atoms with Crippen molar-refractivity contribution in [2.75, 3.05) is 7.11 Å². The van der Waals surface area contributed by atoms with E-state index in [1.165, 1.54) is 12.1 Å². The van der Waals surface area contributed by atoms with Crippen molar-refractivity contribution in [1.29, 1.82) is 0 Å². The van der Waals surface area contributed by atoms with E-state index >= 15 is 0 Å². The lowest BCUT2D eigenvalue weighted by Gasteiger charge is -2.06. The number of hydrogen-bond donors (Lipinski definition) is 0. The Morgan fingerprint density at radius 1 is 1.10 bits per heavy atom. The summed E-state index contributed by atoms with van der Waals surface area (Å²) in [5, 5.41) is 0. The van der Waals surface area contributed by atoms with E-state index in [0.29, 0.717) is 6.42 Å². The van der Waals surface area contributed by atoms with E-state index in [1.807, 2.05) is 31.2 Å². The van der Waals surface area contributed by atoms with Crippen LogP contribution in [0.4, 0.5) is 4.39 Å². The molecule has 0 spiro atoms. The molecule has 0 bridgehead atoms. The highest BCUT2D eigenvalue weighted by molar-refractivity contribution is 5.83. The Bertz CT molecular complexity index is 603. The highest BCUT2D eigenvalue weighted by atomic mass is 19.1. The van der Waals surface area contributed by atoms with Gasteiger partial charge in [-0.25, -0.2) is 4.39 Å². The fraction of sp³-hybridized carbons (Fsp3) is 0.235. The molecule has 0 heterocycles. The monoisotopic (exact) mass is 272 g/mol. The van der Waals surface area contributed by atoms with Gasteiger partial charge < -0.3 is 4.74 Å². The van der Waals surface area contributed by atoms with Crippen molar-refractivity contribution < 1.29 is 13.9 Å². The van der Waals surface area contributed by atoms with Gasteiger partial charge in [-0.2, -0.15) is 0 Å². The van der Waals surface area contributed by atoms with Crippen LogP contribution < -0.4 is 4.74 Å². The van der Waals surface area contributed by atoms with Crippen molar-refractivity contribution >= 4 is 5.78 Å². The van der Waals surface area contributed by atoms with Crippen molar-refractivity contribution in [3.05, 3.63) is 65.0 Å². The Kier molecular flexibility index (Phi) is 4.51. The smallest absolute Gasteiger partial charge is 0.141 e. The van der Waals surface area contributed by atoms with Gasteiger partial charge in [-0.05, 0) is 47.9 Å². The Morgan fingerprint density at radius 3 is 2.45 bits per heavy atom. The van der Waals surface area contributed by atoms with Gasteiger partial charge in [0.1, 0.15) is 17.3 Å². The molecule has 3 heteroatoms. The van der Waals surface area contributed by atoms with Gasteiger partial charge in [0.25, 0.3) is 0 Å². The summed E-state index contributed by atoms with van der Waals surface area (Å²) in [4.78, 5) is 12.0. The molecule has 0 fully saturated rings. The third-order valence-electron chi connectivity index (χ3n) is 3.26. The standard InChI is InChI=1S/C17H17FO2/c1-12-3-6-15(18)10-14(12)11-16(19)9-13-4-7-17(20-2)8-5-13/h3-8,10H,9,11H2,1-2H3. The Morgan fingerprint density at radius 2 is 1.80 bits per heavy atom. The molecule has 104 valence electrons. The minimum absolute atomic E-state index is 0.0730. The summed E-state index contributed by atoms with van der Waals surface area (Å²) in [6.45, 7) is 1.88. The average Bonchev–Trinajstić information content (AvgIpc) is 2.43. The molecule has 0 aromatic heterocycles. The molecular formula is C17H17FO2. The van der Waals surface area contributed by atoms with Crippen molar-refractivity contribution in [2.45, 2.75) is 19.8 Å². The van der Waals surface area contributed by atoms with Crippen molar-refractivity contribution in [1.82, 2.24) is 0 Å². The van der Waals surface area contributed by atoms with Crippen LogP contribution >= 0.6 is 0 Å². The fourth-order valence-electron chi connectivity index (χ4n) is 2.08. The largest absolute Gasteiger partial charge is 0.497 e. The zero-order valence-electron chi connectivity index (χ0n) is 11.7. The average molecular weight is 272 g/mol. The minimum Gasteiger partial charge on any atom is -0.497 e. The summed E-state index contributed by atoms with van der Waals surface area (Å²) in [5.41, 5.74) is 2.63. The SMILES string of the molecule is COc1ccc(CC(=O)Cc2cc(F)ccc2C)cc1. The number of halogens is 1. The number of ether oxygens (including phenoxy) is 1. The van der Waals surface area contributed by atoms with E-state index in [1.54, 1.807) is 13.2 Å². The molecule has 20 heavy (non-hydrogen) atoms. The highest BCUT2D eigenvalue weighted by Crippen LogP contribution is 2.15. The van der Waals surface area contributed by atoms with Crippen LogP contribution in [-0.4, -0.2) is 12.9 Å². The highest BCUT2D eigenvalue weighted by Gasteiger charge is 2.08. The molecule has 0 N–H and O–H groups in total. The minimum atomic E-state index is -0.303. The number of carbonyl (C=O) groups is 1. The first kappa shape index (κ1) is 14.3. The van der Waals surface area contributed by atoms with Crippen LogP contribution in [0.3, 0.4) is 0 Å². The van der Waals surface area contributed by atoms with Crippen LogP contribution in [0.2, 0.25) is 0 Å². The number of carbonyl (C=O) groups excluding carboxylic acids is 1. The number of ketones is 1. The fourth-order valence-corrected chi connectivity index (χ4v) is 2.08. The van der Waals surface area contributed by atoms with Gasteiger partial charge in [-0.1, -0.05) is 18.2 Å². The van der Waals surface area contributed by atoms with Gasteiger partial charge in [-0.3, -0.25) is 4.79 Å². The van der Waals surface area contributed by atoms with Gasteiger partial charge in [0.2, 0.25) is 0 Å². The molecule has 0 aliphatic carbocycles. The molecule has 0 unspecified atom stereocenters. The molecule has 0 radical (unpaired) electrons. The quantitative estimate of drug-likeness (QED) is 0.832. The summed E-state index contributed by atoms with van der Waals surface area (Å²) in [6.07, 6.45) is 0.607. The number of rotatable bonds is 5. The van der Waals surface area contributed by atoms with E-state index in [9.17, 15) is 9.18 Å². The van der Waals surface area contributed by atoms with E-state index in [4.69, 9.17) is 4.74 Å². The second-order valence-corrected chi connectivity index (χ2v) is 4.81. The van der Waals surface area contributed by atoms with E-state index in [2.05, 4.69) is 0 Å². The number of benzene rings is 2. The Labute approximate surface area is 118 Å². The van der Waals surface area contributed by atoms with Crippen LogP contribution in [0.25, 0.3) is 0 Å². The summed E-state index contributed by atoms with van der Waals surface area (Å²) < 4.78 is 18.3. The predicted molar refractivity (Wildman–Crippen MR) is 76.5 cm³/mol. The van der Waals surface area contributed by atoms with Gasteiger partial charge in [0, 0.05) is 12.8 Å².